The Balaban J connectivity index is 0.00000240. The molecule has 0 aromatic heterocycles. The van der Waals surface area contributed by atoms with Crippen molar-refractivity contribution < 1.29 is 40.3 Å². The molecule has 0 unspecified atom stereocenters. The van der Waals surface area contributed by atoms with Gasteiger partial charge in [-0.2, -0.15) is 21.8 Å². The second-order valence-electron chi connectivity index (χ2n) is 5.71. The fourth-order valence-electron chi connectivity index (χ4n) is 2.80. The number of nitrogens with zero attached hydrogens (tertiary/aromatic N) is 1. The van der Waals surface area contributed by atoms with E-state index in [0.29, 0.717) is 12.1 Å². The van der Waals surface area contributed by atoms with Crippen LogP contribution in [0, 0.1) is 0 Å². The molecule has 0 aliphatic carbocycles. The van der Waals surface area contributed by atoms with Crippen molar-refractivity contribution >= 4 is 92.3 Å². The van der Waals surface area contributed by atoms with Gasteiger partial charge in [0.1, 0.15) is 4.90 Å². The minimum Gasteiger partial charge on any atom is -0.397 e. The van der Waals surface area contributed by atoms with E-state index in [-0.39, 0.29) is 48.1 Å². The molecule has 1 heterocycles. The van der Waals surface area contributed by atoms with Crippen LogP contribution in [-0.2, 0) is 20.2 Å². The van der Waals surface area contributed by atoms with Gasteiger partial charge in [0.25, 0.3) is 32.1 Å². The number of benzene rings is 2. The summed E-state index contributed by atoms with van der Waals surface area (Å²) in [5, 5.41) is -0.523. The van der Waals surface area contributed by atoms with E-state index in [0.717, 1.165) is 6.07 Å². The summed E-state index contributed by atoms with van der Waals surface area (Å²) in [5.41, 5.74) is 7.42. The van der Waals surface area contributed by atoms with Gasteiger partial charge in [-0.3, -0.25) is 24.1 Å². The zero-order valence-electron chi connectivity index (χ0n) is 15.9. The van der Waals surface area contributed by atoms with Crippen molar-refractivity contribution in [1.82, 2.24) is 15.9 Å². The van der Waals surface area contributed by atoms with Crippen LogP contribution >= 0.6 is 0 Å². The molecule has 18 heteroatoms. The molecule has 1 aliphatic rings. The number of urea groups is 1. The number of amides is 4. The number of nitrogens with two attached hydrogens (primary N) is 2. The molecule has 0 saturated carbocycles. The summed E-state index contributed by atoms with van der Waals surface area (Å²) in [4.78, 5) is 35.0. The van der Waals surface area contributed by atoms with Crippen molar-refractivity contribution in [3.05, 3.63) is 29.3 Å². The molecule has 0 spiro atoms. The molecule has 0 bridgehead atoms. The number of hydrogen-bond acceptors (Lipinski definition) is 9. The van der Waals surface area contributed by atoms with Gasteiger partial charge in [-0.05, 0) is 18.2 Å². The maximum atomic E-state index is 12.7. The van der Waals surface area contributed by atoms with E-state index in [1.165, 1.54) is 0 Å². The number of carbonyl (C=O) groups excluding carboxylic acids is 3. The number of rotatable bonds is 3. The predicted molar refractivity (Wildman–Crippen MR) is 106 cm³/mol. The van der Waals surface area contributed by atoms with E-state index >= 15 is 0 Å². The fourth-order valence-corrected chi connectivity index (χ4v) is 3.99. The second-order valence-corrected chi connectivity index (χ2v) is 8.52. The molecule has 2 aromatic carbocycles. The minimum absolute atomic E-state index is 0. The van der Waals surface area contributed by atoms with Gasteiger partial charge in [-0.1, -0.05) is 0 Å². The number of nitrogens with one attached hydrogen (secondary N) is 2. The molecule has 0 saturated heterocycles. The van der Waals surface area contributed by atoms with Crippen LogP contribution in [0.25, 0.3) is 10.8 Å². The van der Waals surface area contributed by atoms with Crippen molar-refractivity contribution in [1.29, 1.82) is 0 Å². The Bertz CT molecular complexity index is 1320. The maximum Gasteiger partial charge on any atom is 0.348 e. The molecule has 156 valence electrons. The molecule has 0 fully saturated rings. The smallest absolute Gasteiger partial charge is 0.348 e. The first-order valence-electron chi connectivity index (χ1n) is 7.28. The summed E-state index contributed by atoms with van der Waals surface area (Å²) in [6.07, 6.45) is 0. The van der Waals surface area contributed by atoms with E-state index in [1.807, 2.05) is 0 Å². The van der Waals surface area contributed by atoms with E-state index in [9.17, 15) is 40.3 Å². The van der Waals surface area contributed by atoms with Gasteiger partial charge in [-0.25, -0.2) is 16.1 Å². The number of imide groups is 1. The molecule has 0 atom stereocenters. The SMILES string of the molecule is NNC(=O)NN1C(=O)c2cc(S(=O)(=O)O)cc3c(N)c(S(=O)(=O)O)cc(c23)C1=O.[Li].[Li]. The van der Waals surface area contributed by atoms with Crippen LogP contribution in [0.2, 0.25) is 0 Å². The molecule has 3 rings (SSSR count). The summed E-state index contributed by atoms with van der Waals surface area (Å²) in [7, 11) is -9.89. The molecule has 4 amide bonds. The fraction of sp³-hybridized carbons (Fsp3) is 0. The van der Waals surface area contributed by atoms with Crippen molar-refractivity contribution in [3.8, 4) is 0 Å². The summed E-state index contributed by atoms with van der Waals surface area (Å²) in [6.45, 7) is 0. The first-order valence-corrected chi connectivity index (χ1v) is 10.2. The summed E-state index contributed by atoms with van der Waals surface area (Å²) in [5.74, 6) is 2.44. The Morgan fingerprint density at radius 3 is 1.90 bits per heavy atom. The molecular formula is C13H11Li2N5O9S2. The normalized spacial score (nSPS) is 13.3. The monoisotopic (exact) mass is 459 g/mol. The van der Waals surface area contributed by atoms with Crippen LogP contribution < -0.4 is 22.4 Å². The standard InChI is InChI=1S/C13H11N5O9S2.2Li/c14-10-5-1-4(28(22,23)24)2-6-9(5)7(3-8(10)29(25,26)27)12(20)18(11(6)19)17-13(21)16-15;;/h1-3H,14-15H2,(H2,16,17,21)(H,22,23,24)(H,25,26,27);;. The number of carbonyl (C=O) groups is 3. The average Bonchev–Trinajstić information content (AvgIpc) is 2.61. The molecule has 31 heavy (non-hydrogen) atoms. The van der Waals surface area contributed by atoms with Gasteiger partial charge >= 0.3 is 6.03 Å². The van der Waals surface area contributed by atoms with Crippen LogP contribution in [0.3, 0.4) is 0 Å². The topological polar surface area (TPSA) is 239 Å². The van der Waals surface area contributed by atoms with E-state index in [4.69, 9.17) is 11.6 Å². The zero-order valence-corrected chi connectivity index (χ0v) is 17.5. The Morgan fingerprint density at radius 2 is 1.45 bits per heavy atom. The number of nitrogen functional groups attached to an aromatic ring is 1. The Labute approximate surface area is 198 Å². The van der Waals surface area contributed by atoms with Gasteiger partial charge in [0, 0.05) is 48.5 Å². The quantitative estimate of drug-likeness (QED) is 0.0549. The Morgan fingerprint density at radius 1 is 0.935 bits per heavy atom. The third kappa shape index (κ3) is 4.58. The molecule has 2 aromatic rings. The van der Waals surface area contributed by atoms with Crippen LogP contribution in [0.1, 0.15) is 20.7 Å². The number of anilines is 1. The van der Waals surface area contributed by atoms with E-state index in [1.54, 1.807) is 10.9 Å². The molecular weight excluding hydrogens is 448 g/mol. The van der Waals surface area contributed by atoms with Gasteiger partial charge in [0.2, 0.25) is 0 Å². The maximum absolute atomic E-state index is 12.7. The largest absolute Gasteiger partial charge is 0.397 e. The summed E-state index contributed by atoms with van der Waals surface area (Å²) in [6, 6.07) is 0.894. The van der Waals surface area contributed by atoms with Crippen LogP contribution in [0.15, 0.2) is 28.0 Å². The van der Waals surface area contributed by atoms with Crippen molar-refractivity contribution in [2.24, 2.45) is 5.84 Å². The zero-order chi connectivity index (χ0) is 21.9. The average molecular weight is 459 g/mol. The molecule has 1 aliphatic heterocycles. The number of hydrazine groups is 2. The van der Waals surface area contributed by atoms with Crippen molar-refractivity contribution in [2.75, 3.05) is 5.73 Å². The van der Waals surface area contributed by atoms with Gasteiger partial charge < -0.3 is 5.73 Å². The first-order chi connectivity index (χ1) is 13.3. The third-order valence-electron chi connectivity index (χ3n) is 4.00. The van der Waals surface area contributed by atoms with Crippen LogP contribution in [0.5, 0.6) is 0 Å². The van der Waals surface area contributed by atoms with E-state index < -0.39 is 70.1 Å². The summed E-state index contributed by atoms with van der Waals surface area (Å²) >= 11 is 0. The Hall–Kier alpha value is -2.12. The first kappa shape index (κ1) is 26.9. The second kappa shape index (κ2) is 8.79. The molecule has 8 N–H and O–H groups in total. The molecule has 2 radical (unpaired) electrons. The van der Waals surface area contributed by atoms with Crippen molar-refractivity contribution in [3.63, 3.8) is 0 Å². The van der Waals surface area contributed by atoms with E-state index in [2.05, 4.69) is 0 Å². The Kier molecular flexibility index (Phi) is 7.63. The molecule has 14 nitrogen and oxygen atoms in total. The summed E-state index contributed by atoms with van der Waals surface area (Å²) < 4.78 is 65.2. The minimum atomic E-state index is -4.99. The van der Waals surface area contributed by atoms with Crippen molar-refractivity contribution in [2.45, 2.75) is 9.79 Å². The third-order valence-corrected chi connectivity index (χ3v) is 5.72. The van der Waals surface area contributed by atoms with Gasteiger partial charge in [0.05, 0.1) is 21.7 Å². The van der Waals surface area contributed by atoms with Crippen LogP contribution in [0.4, 0.5) is 10.5 Å². The predicted octanol–water partition coefficient (Wildman–Crippen LogP) is -2.16. The van der Waals surface area contributed by atoms with Gasteiger partial charge in [0.15, 0.2) is 0 Å². The number of hydrogen-bond donors (Lipinski definition) is 6. The van der Waals surface area contributed by atoms with Crippen LogP contribution in [-0.4, -0.2) is 86.5 Å². The van der Waals surface area contributed by atoms with Gasteiger partial charge in [-0.15, -0.1) is 0 Å².